The summed E-state index contributed by atoms with van der Waals surface area (Å²) in [5.74, 6) is -2.39. The lowest BCUT2D eigenvalue weighted by molar-refractivity contribution is -0.307. The van der Waals surface area contributed by atoms with Crippen LogP contribution in [0.15, 0.2) is 18.2 Å². The highest BCUT2D eigenvalue weighted by atomic mass is 35.5. The van der Waals surface area contributed by atoms with Gasteiger partial charge in [-0.2, -0.15) is 0 Å². The van der Waals surface area contributed by atoms with E-state index in [4.69, 9.17) is 16.3 Å². The smallest absolute Gasteiger partial charge is 0.230 e. The minimum Gasteiger partial charge on any atom is -0.550 e. The Morgan fingerprint density at radius 3 is 2.90 bits per heavy atom. The van der Waals surface area contributed by atoms with Crippen molar-refractivity contribution in [3.05, 3.63) is 28.8 Å². The van der Waals surface area contributed by atoms with Gasteiger partial charge in [0.1, 0.15) is 0 Å². The summed E-state index contributed by atoms with van der Waals surface area (Å²) in [6.07, 6.45) is 0.788. The fourth-order valence-corrected chi connectivity index (χ4v) is 2.64. The van der Waals surface area contributed by atoms with Gasteiger partial charge < -0.3 is 20.0 Å². The molecular weight excluding hydrogens is 294 g/mol. The minimum absolute atomic E-state index is 0.351. The molecule has 0 bridgehead atoms. The highest BCUT2D eigenvalue weighted by Crippen LogP contribution is 2.27. The number of rotatable bonds is 5. The molecule has 114 valence electrons. The molecule has 0 saturated carbocycles. The fourth-order valence-electron chi connectivity index (χ4n) is 2.46. The Morgan fingerprint density at radius 1 is 1.52 bits per heavy atom. The molecule has 0 aliphatic carbocycles. The number of ether oxygens (including phenoxy) is 1. The van der Waals surface area contributed by atoms with Gasteiger partial charge in [-0.15, -0.1) is 0 Å². The van der Waals surface area contributed by atoms with Gasteiger partial charge in [0.05, 0.1) is 12.0 Å². The highest BCUT2D eigenvalue weighted by molar-refractivity contribution is 6.31. The van der Waals surface area contributed by atoms with E-state index in [2.05, 4.69) is 5.32 Å². The fraction of sp³-hybridized carbons (Fsp3) is 0.467. The number of halogens is 1. The van der Waals surface area contributed by atoms with Gasteiger partial charge in [0.2, 0.25) is 5.91 Å². The molecule has 0 radical (unpaired) electrons. The maximum absolute atomic E-state index is 12.4. The van der Waals surface area contributed by atoms with Crippen LogP contribution in [0.25, 0.3) is 0 Å². The molecule has 0 spiro atoms. The number of carboxylic acids is 1. The van der Waals surface area contributed by atoms with Crippen molar-refractivity contribution in [2.24, 2.45) is 5.92 Å². The molecule has 0 aromatic heterocycles. The summed E-state index contributed by atoms with van der Waals surface area (Å²) in [6, 6.07) is 5.18. The predicted molar refractivity (Wildman–Crippen MR) is 76.9 cm³/mol. The molecule has 1 heterocycles. The summed E-state index contributed by atoms with van der Waals surface area (Å²) in [7, 11) is 0. The largest absolute Gasteiger partial charge is 0.550 e. The Balaban J connectivity index is 2.14. The Morgan fingerprint density at radius 2 is 2.29 bits per heavy atom. The van der Waals surface area contributed by atoms with Gasteiger partial charge in [0.15, 0.2) is 0 Å². The van der Waals surface area contributed by atoms with E-state index < -0.39 is 11.9 Å². The lowest BCUT2D eigenvalue weighted by Gasteiger charge is -2.23. The number of anilines is 1. The van der Waals surface area contributed by atoms with Crippen LogP contribution in [0.3, 0.4) is 0 Å². The zero-order chi connectivity index (χ0) is 15.4. The third kappa shape index (κ3) is 3.95. The van der Waals surface area contributed by atoms with Gasteiger partial charge >= 0.3 is 0 Å². The van der Waals surface area contributed by atoms with E-state index >= 15 is 0 Å². The van der Waals surface area contributed by atoms with Gasteiger partial charge in [-0.05, 0) is 37.5 Å². The number of benzene rings is 1. The van der Waals surface area contributed by atoms with Crippen LogP contribution >= 0.6 is 11.6 Å². The van der Waals surface area contributed by atoms with Crippen LogP contribution in [0.2, 0.25) is 5.02 Å². The molecule has 1 aliphatic heterocycles. The molecule has 1 aromatic rings. The molecule has 2 atom stereocenters. The molecule has 21 heavy (non-hydrogen) atoms. The van der Waals surface area contributed by atoms with Crippen molar-refractivity contribution in [2.75, 3.05) is 11.9 Å². The van der Waals surface area contributed by atoms with Crippen LogP contribution in [0.4, 0.5) is 5.69 Å². The lowest BCUT2D eigenvalue weighted by Crippen LogP contribution is -2.38. The minimum atomic E-state index is -1.26. The summed E-state index contributed by atoms with van der Waals surface area (Å²) in [5, 5.41) is 14.2. The first-order valence-electron chi connectivity index (χ1n) is 6.86. The molecule has 1 N–H and O–H groups in total. The van der Waals surface area contributed by atoms with E-state index in [0.29, 0.717) is 23.7 Å². The van der Waals surface area contributed by atoms with E-state index in [9.17, 15) is 14.7 Å². The zero-order valence-corrected chi connectivity index (χ0v) is 12.5. The average molecular weight is 311 g/mol. The third-order valence-corrected chi connectivity index (χ3v) is 4.07. The Labute approximate surface area is 128 Å². The second kappa shape index (κ2) is 6.91. The van der Waals surface area contributed by atoms with Crippen LogP contribution in [-0.2, 0) is 14.3 Å². The normalized spacial score (nSPS) is 19.2. The predicted octanol–water partition coefficient (Wildman–Crippen LogP) is 1.52. The molecule has 1 fully saturated rings. The first-order valence-corrected chi connectivity index (χ1v) is 7.24. The molecule has 5 nitrogen and oxygen atoms in total. The quantitative estimate of drug-likeness (QED) is 0.894. The summed E-state index contributed by atoms with van der Waals surface area (Å²) < 4.78 is 5.45. The first-order chi connectivity index (χ1) is 9.99. The number of carboxylic acid groups (broad SMARTS) is 1. The molecule has 2 rings (SSSR count). The van der Waals surface area contributed by atoms with Crippen LogP contribution < -0.4 is 10.4 Å². The Kier molecular flexibility index (Phi) is 5.20. The van der Waals surface area contributed by atoms with Crippen molar-refractivity contribution in [1.29, 1.82) is 0 Å². The average Bonchev–Trinajstić information content (AvgIpc) is 2.94. The van der Waals surface area contributed by atoms with Crippen molar-refractivity contribution in [1.82, 2.24) is 0 Å². The van der Waals surface area contributed by atoms with E-state index in [1.165, 1.54) is 0 Å². The van der Waals surface area contributed by atoms with Crippen molar-refractivity contribution in [3.63, 3.8) is 0 Å². The standard InChI is InChI=1S/C15H18ClNO4/c1-9-11(16)4-2-5-12(9)17-15(20)10(8-14(18)19)13-6-3-7-21-13/h2,4-5,10,13H,3,6-8H2,1H3,(H,17,20)(H,18,19)/p-1/t10-,13+/m0/s1. The van der Waals surface area contributed by atoms with Crippen LogP contribution in [0.5, 0.6) is 0 Å². The van der Waals surface area contributed by atoms with Crippen molar-refractivity contribution in [2.45, 2.75) is 32.3 Å². The summed E-state index contributed by atoms with van der Waals surface area (Å²) in [5.41, 5.74) is 1.32. The number of carbonyl (C=O) groups is 2. The molecule has 6 heteroatoms. The van der Waals surface area contributed by atoms with Crippen LogP contribution in [-0.4, -0.2) is 24.6 Å². The molecule has 0 unspecified atom stereocenters. The number of hydrogen-bond acceptors (Lipinski definition) is 4. The molecule has 1 saturated heterocycles. The number of nitrogens with one attached hydrogen (secondary N) is 1. The van der Waals surface area contributed by atoms with Gasteiger partial charge in [-0.1, -0.05) is 17.7 Å². The highest BCUT2D eigenvalue weighted by Gasteiger charge is 2.32. The van der Waals surface area contributed by atoms with Gasteiger partial charge in [-0.3, -0.25) is 4.79 Å². The number of hydrogen-bond donors (Lipinski definition) is 1. The lowest BCUT2D eigenvalue weighted by atomic mass is 9.95. The van der Waals surface area contributed by atoms with Crippen molar-refractivity contribution in [3.8, 4) is 0 Å². The second-order valence-electron chi connectivity index (χ2n) is 5.14. The van der Waals surface area contributed by atoms with E-state index in [1.807, 2.05) is 0 Å². The molecule has 1 aliphatic rings. The number of carbonyl (C=O) groups excluding carboxylic acids is 2. The third-order valence-electron chi connectivity index (χ3n) is 3.66. The maximum atomic E-state index is 12.4. The molecular formula is C15H17ClNO4-. The number of amides is 1. The SMILES string of the molecule is Cc1c(Cl)cccc1NC(=O)[C@@H](CC(=O)[O-])[C@H]1CCCO1. The van der Waals surface area contributed by atoms with Crippen LogP contribution in [0.1, 0.15) is 24.8 Å². The molecule has 1 aromatic carbocycles. The Bertz CT molecular complexity index is 540. The van der Waals surface area contributed by atoms with E-state index in [0.717, 1.165) is 12.0 Å². The Hall–Kier alpha value is -1.59. The maximum Gasteiger partial charge on any atom is 0.230 e. The number of aliphatic carboxylic acids is 1. The van der Waals surface area contributed by atoms with Gasteiger partial charge in [0.25, 0.3) is 0 Å². The molecule has 1 amide bonds. The second-order valence-corrected chi connectivity index (χ2v) is 5.54. The van der Waals surface area contributed by atoms with Gasteiger partial charge in [0, 0.05) is 29.7 Å². The van der Waals surface area contributed by atoms with E-state index in [-0.39, 0.29) is 18.4 Å². The van der Waals surface area contributed by atoms with E-state index in [1.54, 1.807) is 25.1 Å². The summed E-state index contributed by atoms with van der Waals surface area (Å²) >= 11 is 6.01. The topological polar surface area (TPSA) is 78.5 Å². The van der Waals surface area contributed by atoms with Crippen molar-refractivity contribution >= 4 is 29.2 Å². The zero-order valence-electron chi connectivity index (χ0n) is 11.7. The van der Waals surface area contributed by atoms with Crippen molar-refractivity contribution < 1.29 is 19.4 Å². The van der Waals surface area contributed by atoms with Crippen LogP contribution in [0, 0.1) is 12.8 Å². The summed E-state index contributed by atoms with van der Waals surface area (Å²) in [6.45, 7) is 2.34. The summed E-state index contributed by atoms with van der Waals surface area (Å²) in [4.78, 5) is 23.2. The van der Waals surface area contributed by atoms with Gasteiger partial charge in [-0.25, -0.2) is 0 Å². The monoisotopic (exact) mass is 310 g/mol. The first kappa shape index (κ1) is 15.8.